The Bertz CT molecular complexity index is 320. The minimum atomic E-state index is 0.508. The molecule has 0 saturated heterocycles. The molecule has 0 nitrogen and oxygen atoms in total. The van der Waals surface area contributed by atoms with E-state index in [1.165, 1.54) is 63.4 Å². The summed E-state index contributed by atoms with van der Waals surface area (Å²) in [6, 6.07) is 10.8. The average Bonchev–Trinajstić information content (AvgIpc) is 2.50. The summed E-state index contributed by atoms with van der Waals surface area (Å²) in [7, 11) is 0. The Morgan fingerprint density at radius 3 is 2.00 bits per heavy atom. The van der Waals surface area contributed by atoms with Gasteiger partial charge in [0.05, 0.1) is 0 Å². The maximum atomic E-state index is 3.86. The van der Waals surface area contributed by atoms with Crippen LogP contribution in [0, 0.1) is 5.92 Å². The predicted octanol–water partition coefficient (Wildman–Crippen LogP) is 7.29. The second-order valence-corrected chi connectivity index (χ2v) is 7.04. The van der Waals surface area contributed by atoms with Gasteiger partial charge in [-0.15, -0.1) is 0 Å². The molecule has 0 fully saturated rings. The first-order valence-electron chi connectivity index (χ1n) is 8.44. The Labute approximate surface area is 134 Å². The van der Waals surface area contributed by atoms with Gasteiger partial charge in [0.15, 0.2) is 0 Å². The maximum Gasteiger partial charge on any atom is 0.0420 e. The fraction of sp³-hybridized carbons (Fsp3) is 0.684. The first-order chi connectivity index (χ1) is 9.75. The van der Waals surface area contributed by atoms with Crippen molar-refractivity contribution in [3.8, 4) is 0 Å². The molecule has 1 heteroatoms. The summed E-state index contributed by atoms with van der Waals surface area (Å²) in [5, 5.41) is 0. The van der Waals surface area contributed by atoms with Crippen LogP contribution in [-0.2, 0) is 0 Å². The Hall–Kier alpha value is -0.300. The summed E-state index contributed by atoms with van der Waals surface area (Å²) in [4.78, 5) is 0.508. The van der Waals surface area contributed by atoms with Crippen LogP contribution in [-0.4, -0.2) is 0 Å². The molecular formula is C19H31Br. The Morgan fingerprint density at radius 1 is 0.850 bits per heavy atom. The number of rotatable bonds is 11. The van der Waals surface area contributed by atoms with E-state index in [1.54, 1.807) is 0 Å². The van der Waals surface area contributed by atoms with Crippen LogP contribution < -0.4 is 0 Å². The van der Waals surface area contributed by atoms with Crippen LogP contribution in [0.4, 0.5) is 0 Å². The zero-order valence-electron chi connectivity index (χ0n) is 13.3. The van der Waals surface area contributed by atoms with Gasteiger partial charge in [-0.3, -0.25) is 0 Å². The van der Waals surface area contributed by atoms with E-state index in [-0.39, 0.29) is 0 Å². The fourth-order valence-corrected chi connectivity index (χ4v) is 3.28. The lowest BCUT2D eigenvalue weighted by molar-refractivity contribution is 0.476. The van der Waals surface area contributed by atoms with Gasteiger partial charge < -0.3 is 0 Å². The van der Waals surface area contributed by atoms with Crippen molar-refractivity contribution in [1.82, 2.24) is 0 Å². The molecule has 2 unspecified atom stereocenters. The number of hydrogen-bond acceptors (Lipinski definition) is 0. The van der Waals surface area contributed by atoms with Gasteiger partial charge in [0.1, 0.15) is 0 Å². The van der Waals surface area contributed by atoms with Crippen molar-refractivity contribution in [2.45, 2.75) is 76.5 Å². The van der Waals surface area contributed by atoms with Gasteiger partial charge >= 0.3 is 0 Å². The second-order valence-electron chi connectivity index (χ2n) is 6.05. The molecule has 0 aliphatic rings. The molecule has 0 saturated carbocycles. The van der Waals surface area contributed by atoms with Gasteiger partial charge in [-0.1, -0.05) is 111 Å². The highest BCUT2D eigenvalue weighted by molar-refractivity contribution is 9.09. The van der Waals surface area contributed by atoms with Gasteiger partial charge in [-0.25, -0.2) is 0 Å². The highest BCUT2D eigenvalue weighted by Gasteiger charge is 2.15. The summed E-state index contributed by atoms with van der Waals surface area (Å²) in [6.45, 7) is 4.65. The van der Waals surface area contributed by atoms with Crippen LogP contribution >= 0.6 is 15.9 Å². The van der Waals surface area contributed by atoms with Crippen LogP contribution in [0.1, 0.15) is 82.0 Å². The highest BCUT2D eigenvalue weighted by atomic mass is 79.9. The normalized spacial score (nSPS) is 14.2. The summed E-state index contributed by atoms with van der Waals surface area (Å²) >= 11 is 3.86. The molecule has 1 aromatic rings. The van der Waals surface area contributed by atoms with E-state index in [0.29, 0.717) is 4.83 Å². The molecule has 2 atom stereocenters. The average molecular weight is 339 g/mol. The zero-order valence-corrected chi connectivity index (χ0v) is 14.9. The molecule has 0 radical (unpaired) electrons. The van der Waals surface area contributed by atoms with Crippen LogP contribution in [0.5, 0.6) is 0 Å². The number of alkyl halides is 1. The first kappa shape index (κ1) is 17.8. The molecule has 20 heavy (non-hydrogen) atoms. The molecule has 0 N–H and O–H groups in total. The highest BCUT2D eigenvalue weighted by Crippen LogP contribution is 2.33. The van der Waals surface area contributed by atoms with Crippen molar-refractivity contribution in [1.29, 1.82) is 0 Å². The van der Waals surface area contributed by atoms with E-state index >= 15 is 0 Å². The lowest BCUT2D eigenvalue weighted by Crippen LogP contribution is -2.03. The van der Waals surface area contributed by atoms with E-state index in [4.69, 9.17) is 0 Å². The first-order valence-corrected chi connectivity index (χ1v) is 9.36. The smallest absolute Gasteiger partial charge is 0.0420 e. The van der Waals surface area contributed by atoms with E-state index in [2.05, 4.69) is 60.1 Å². The molecule has 0 spiro atoms. The lowest BCUT2D eigenvalue weighted by Gasteiger charge is -2.18. The van der Waals surface area contributed by atoms with Gasteiger partial charge in [0.25, 0.3) is 0 Å². The van der Waals surface area contributed by atoms with Crippen molar-refractivity contribution in [2.24, 2.45) is 5.92 Å². The SMILES string of the molecule is CCCCCCCCCCC(C)C(Br)c1ccccc1. The summed E-state index contributed by atoms with van der Waals surface area (Å²) in [6.07, 6.45) is 12.6. The van der Waals surface area contributed by atoms with E-state index in [1.807, 2.05) is 0 Å². The summed E-state index contributed by atoms with van der Waals surface area (Å²) < 4.78 is 0. The molecule has 1 rings (SSSR count). The third-order valence-corrected chi connectivity index (χ3v) is 5.56. The van der Waals surface area contributed by atoms with Crippen molar-refractivity contribution in [3.63, 3.8) is 0 Å². The largest absolute Gasteiger partial charge is 0.0836 e. The van der Waals surface area contributed by atoms with E-state index < -0.39 is 0 Å². The van der Waals surface area contributed by atoms with Crippen molar-refractivity contribution >= 4 is 15.9 Å². The van der Waals surface area contributed by atoms with Gasteiger partial charge in [-0.05, 0) is 17.9 Å². The molecule has 0 amide bonds. The van der Waals surface area contributed by atoms with Gasteiger partial charge in [0, 0.05) is 4.83 Å². The maximum absolute atomic E-state index is 3.86. The molecule has 1 aromatic carbocycles. The Kier molecular flexibility index (Phi) is 10.1. The number of benzene rings is 1. The Balaban J connectivity index is 2.07. The third kappa shape index (κ3) is 7.47. The predicted molar refractivity (Wildman–Crippen MR) is 94.5 cm³/mol. The fourth-order valence-electron chi connectivity index (χ4n) is 2.71. The molecular weight excluding hydrogens is 308 g/mol. The standard InChI is InChI=1S/C19H31Br/c1-3-4-5-6-7-8-9-11-14-17(2)19(20)18-15-12-10-13-16-18/h10,12-13,15-17,19H,3-9,11,14H2,1-2H3. The third-order valence-electron chi connectivity index (χ3n) is 4.13. The number of halogens is 1. The molecule has 0 aliphatic carbocycles. The Morgan fingerprint density at radius 2 is 1.40 bits per heavy atom. The summed E-state index contributed by atoms with van der Waals surface area (Å²) in [5.41, 5.74) is 1.42. The molecule has 0 aromatic heterocycles. The van der Waals surface area contributed by atoms with E-state index in [9.17, 15) is 0 Å². The van der Waals surface area contributed by atoms with Crippen LogP contribution in [0.2, 0.25) is 0 Å². The zero-order chi connectivity index (χ0) is 14.6. The lowest BCUT2D eigenvalue weighted by atomic mass is 9.95. The number of hydrogen-bond donors (Lipinski definition) is 0. The molecule has 114 valence electrons. The minimum Gasteiger partial charge on any atom is -0.0836 e. The van der Waals surface area contributed by atoms with Crippen molar-refractivity contribution in [2.75, 3.05) is 0 Å². The summed E-state index contributed by atoms with van der Waals surface area (Å²) in [5.74, 6) is 0.720. The number of unbranched alkanes of at least 4 members (excludes halogenated alkanes) is 7. The van der Waals surface area contributed by atoms with Gasteiger partial charge in [-0.2, -0.15) is 0 Å². The van der Waals surface area contributed by atoms with Gasteiger partial charge in [0.2, 0.25) is 0 Å². The monoisotopic (exact) mass is 338 g/mol. The molecule has 0 aliphatic heterocycles. The van der Waals surface area contributed by atoms with Crippen LogP contribution in [0.3, 0.4) is 0 Å². The second kappa shape index (κ2) is 11.4. The topological polar surface area (TPSA) is 0 Å². The quantitative estimate of drug-likeness (QED) is 0.293. The van der Waals surface area contributed by atoms with Crippen molar-refractivity contribution in [3.05, 3.63) is 35.9 Å². The van der Waals surface area contributed by atoms with Crippen molar-refractivity contribution < 1.29 is 0 Å². The molecule has 0 heterocycles. The van der Waals surface area contributed by atoms with Crippen LogP contribution in [0.25, 0.3) is 0 Å². The molecule has 0 bridgehead atoms. The van der Waals surface area contributed by atoms with Crippen LogP contribution in [0.15, 0.2) is 30.3 Å². The van der Waals surface area contributed by atoms with E-state index in [0.717, 1.165) is 5.92 Å². The minimum absolute atomic E-state index is 0.508.